The van der Waals surface area contributed by atoms with E-state index in [1.165, 1.54) is 12.8 Å². The number of fused-ring (bicyclic) bond motifs is 2. The van der Waals surface area contributed by atoms with E-state index in [-0.39, 0.29) is 11.6 Å². The zero-order valence-electron chi connectivity index (χ0n) is 15.2. The van der Waals surface area contributed by atoms with Gasteiger partial charge in [-0.25, -0.2) is 9.97 Å². The van der Waals surface area contributed by atoms with Crippen LogP contribution < -0.4 is 5.56 Å². The fraction of sp³-hybridized carbons (Fsp3) is 0.286. The van der Waals surface area contributed by atoms with Crippen LogP contribution >= 0.6 is 27.7 Å². The van der Waals surface area contributed by atoms with Crippen molar-refractivity contribution in [1.82, 2.24) is 18.9 Å². The lowest BCUT2D eigenvalue weighted by Gasteiger charge is -2.18. The van der Waals surface area contributed by atoms with Crippen molar-refractivity contribution >= 4 is 44.2 Å². The van der Waals surface area contributed by atoms with Crippen molar-refractivity contribution in [3.63, 3.8) is 0 Å². The highest BCUT2D eigenvalue weighted by atomic mass is 79.9. The Bertz CT molecular complexity index is 1230. The SMILES string of the molecule is O=c1c2ccccc2nc(SCc2cn3cc(Br)ccc3n2)n1C1CCCC1. The van der Waals surface area contributed by atoms with Gasteiger partial charge in [-0.15, -0.1) is 0 Å². The fourth-order valence-electron chi connectivity index (χ4n) is 3.94. The number of halogens is 1. The van der Waals surface area contributed by atoms with E-state index < -0.39 is 0 Å². The molecule has 1 aromatic carbocycles. The third-order valence-corrected chi connectivity index (χ3v) is 6.73. The number of benzene rings is 1. The van der Waals surface area contributed by atoms with E-state index in [9.17, 15) is 4.79 Å². The first-order valence-corrected chi connectivity index (χ1v) is 11.2. The first-order valence-electron chi connectivity index (χ1n) is 9.46. The lowest BCUT2D eigenvalue weighted by molar-refractivity contribution is 0.457. The minimum atomic E-state index is 0.0823. The zero-order chi connectivity index (χ0) is 19.1. The molecule has 3 heterocycles. The van der Waals surface area contributed by atoms with Gasteiger partial charge in [0.05, 0.1) is 16.6 Å². The Labute approximate surface area is 174 Å². The summed E-state index contributed by atoms with van der Waals surface area (Å²) in [5, 5.41) is 1.50. The highest BCUT2D eigenvalue weighted by molar-refractivity contribution is 9.10. The van der Waals surface area contributed by atoms with Gasteiger partial charge in [-0.2, -0.15) is 0 Å². The number of rotatable bonds is 4. The molecule has 0 saturated heterocycles. The normalized spacial score (nSPS) is 15.0. The number of thioether (sulfide) groups is 1. The average Bonchev–Trinajstić information content (AvgIpc) is 3.35. The van der Waals surface area contributed by atoms with Crippen LogP contribution in [0.5, 0.6) is 0 Å². The molecule has 0 radical (unpaired) electrons. The predicted octanol–water partition coefficient (Wildman–Crippen LogP) is 5.21. The molecular formula is C21H19BrN4OS. The van der Waals surface area contributed by atoms with Gasteiger partial charge < -0.3 is 4.40 Å². The molecule has 0 bridgehead atoms. The largest absolute Gasteiger partial charge is 0.306 e. The van der Waals surface area contributed by atoms with Crippen LogP contribution in [0.2, 0.25) is 0 Å². The number of nitrogens with zero attached hydrogens (tertiary/aromatic N) is 4. The van der Waals surface area contributed by atoms with Crippen LogP contribution in [0.4, 0.5) is 0 Å². The van der Waals surface area contributed by atoms with Crippen molar-refractivity contribution in [3.8, 4) is 0 Å². The lowest BCUT2D eigenvalue weighted by Crippen LogP contribution is -2.26. The highest BCUT2D eigenvalue weighted by Crippen LogP contribution is 2.33. The molecule has 0 unspecified atom stereocenters. The maximum absolute atomic E-state index is 13.2. The topological polar surface area (TPSA) is 52.2 Å². The summed E-state index contributed by atoms with van der Waals surface area (Å²) in [5.41, 5.74) is 2.74. The second-order valence-corrected chi connectivity index (χ2v) is 9.02. The molecule has 142 valence electrons. The molecule has 1 saturated carbocycles. The number of para-hydroxylation sites is 1. The van der Waals surface area contributed by atoms with Gasteiger partial charge in [-0.3, -0.25) is 9.36 Å². The van der Waals surface area contributed by atoms with Crippen LogP contribution in [0.1, 0.15) is 37.4 Å². The van der Waals surface area contributed by atoms with Crippen LogP contribution in [0.15, 0.2) is 63.2 Å². The van der Waals surface area contributed by atoms with E-state index >= 15 is 0 Å². The minimum Gasteiger partial charge on any atom is -0.306 e. The smallest absolute Gasteiger partial charge is 0.262 e. The maximum atomic E-state index is 13.2. The van der Waals surface area contributed by atoms with Crippen LogP contribution in [0, 0.1) is 0 Å². The van der Waals surface area contributed by atoms with Gasteiger partial charge in [0.25, 0.3) is 5.56 Å². The quantitative estimate of drug-likeness (QED) is 0.313. The van der Waals surface area contributed by atoms with E-state index in [2.05, 4.69) is 20.9 Å². The molecule has 0 spiro atoms. The van der Waals surface area contributed by atoms with E-state index in [0.717, 1.165) is 39.3 Å². The number of imidazole rings is 1. The molecule has 1 aliphatic rings. The Hall–Kier alpha value is -2.12. The van der Waals surface area contributed by atoms with Gasteiger partial charge >= 0.3 is 0 Å². The van der Waals surface area contributed by atoms with Crippen LogP contribution in [-0.4, -0.2) is 18.9 Å². The Kier molecular flexibility index (Phi) is 4.72. The third kappa shape index (κ3) is 3.26. The summed E-state index contributed by atoms with van der Waals surface area (Å²) in [6, 6.07) is 11.9. The first kappa shape index (κ1) is 17.9. The average molecular weight is 455 g/mol. The summed E-state index contributed by atoms with van der Waals surface area (Å²) in [6.07, 6.45) is 8.49. The van der Waals surface area contributed by atoms with E-state index in [0.29, 0.717) is 11.1 Å². The van der Waals surface area contributed by atoms with Crippen molar-refractivity contribution in [3.05, 3.63) is 69.3 Å². The highest BCUT2D eigenvalue weighted by Gasteiger charge is 2.23. The van der Waals surface area contributed by atoms with Gasteiger partial charge in [0.1, 0.15) is 5.65 Å². The molecule has 5 nitrogen and oxygen atoms in total. The maximum Gasteiger partial charge on any atom is 0.262 e. The second kappa shape index (κ2) is 7.37. The van der Waals surface area contributed by atoms with Gasteiger partial charge in [-0.05, 0) is 53.0 Å². The van der Waals surface area contributed by atoms with Crippen LogP contribution in [0.3, 0.4) is 0 Å². The van der Waals surface area contributed by atoms with Crippen LogP contribution in [0.25, 0.3) is 16.6 Å². The molecule has 3 aromatic heterocycles. The predicted molar refractivity (Wildman–Crippen MR) is 116 cm³/mol. The Morgan fingerprint density at radius 1 is 1.07 bits per heavy atom. The zero-order valence-corrected chi connectivity index (χ0v) is 17.6. The molecular weight excluding hydrogens is 436 g/mol. The molecule has 0 amide bonds. The summed E-state index contributed by atoms with van der Waals surface area (Å²) in [7, 11) is 0. The van der Waals surface area contributed by atoms with Crippen molar-refractivity contribution < 1.29 is 0 Å². The van der Waals surface area contributed by atoms with Gasteiger partial charge in [0, 0.05) is 28.7 Å². The number of pyridine rings is 1. The Morgan fingerprint density at radius 2 is 1.89 bits per heavy atom. The van der Waals surface area contributed by atoms with Crippen molar-refractivity contribution in [2.24, 2.45) is 0 Å². The van der Waals surface area contributed by atoms with E-state index in [1.807, 2.05) is 57.8 Å². The van der Waals surface area contributed by atoms with E-state index in [1.54, 1.807) is 11.8 Å². The molecule has 0 N–H and O–H groups in total. The minimum absolute atomic E-state index is 0.0823. The summed E-state index contributed by atoms with van der Waals surface area (Å²) >= 11 is 5.09. The van der Waals surface area contributed by atoms with Crippen molar-refractivity contribution in [2.75, 3.05) is 0 Å². The van der Waals surface area contributed by atoms with Crippen molar-refractivity contribution in [2.45, 2.75) is 42.6 Å². The van der Waals surface area contributed by atoms with Crippen LogP contribution in [-0.2, 0) is 5.75 Å². The Morgan fingerprint density at radius 3 is 2.75 bits per heavy atom. The molecule has 4 aromatic rings. The van der Waals surface area contributed by atoms with Crippen molar-refractivity contribution in [1.29, 1.82) is 0 Å². The molecule has 28 heavy (non-hydrogen) atoms. The van der Waals surface area contributed by atoms with Gasteiger partial charge in [-0.1, -0.05) is 36.7 Å². The first-order chi connectivity index (χ1) is 13.7. The van der Waals surface area contributed by atoms with Gasteiger partial charge in [0.15, 0.2) is 5.16 Å². The molecule has 0 atom stereocenters. The molecule has 1 aliphatic carbocycles. The van der Waals surface area contributed by atoms with Gasteiger partial charge in [0.2, 0.25) is 0 Å². The molecule has 7 heteroatoms. The third-order valence-electron chi connectivity index (χ3n) is 5.28. The summed E-state index contributed by atoms with van der Waals surface area (Å²) in [4.78, 5) is 22.7. The second-order valence-electron chi connectivity index (χ2n) is 7.16. The summed E-state index contributed by atoms with van der Waals surface area (Å²) < 4.78 is 4.97. The molecule has 0 aliphatic heterocycles. The fourth-order valence-corrected chi connectivity index (χ4v) is 5.24. The standard InChI is InChI=1S/C21H19BrN4OS/c22-14-9-10-19-23-15(12-25(19)11-14)13-28-21-24-18-8-4-3-7-17(18)20(27)26(21)16-5-1-2-6-16/h3-4,7-12,16H,1-2,5-6,13H2. The number of hydrogen-bond acceptors (Lipinski definition) is 4. The molecule has 5 rings (SSSR count). The summed E-state index contributed by atoms with van der Waals surface area (Å²) in [6.45, 7) is 0. The summed E-state index contributed by atoms with van der Waals surface area (Å²) in [5.74, 6) is 0.677. The Balaban J connectivity index is 1.53. The molecule has 1 fully saturated rings. The lowest BCUT2D eigenvalue weighted by atomic mass is 10.2. The number of aromatic nitrogens is 4. The van der Waals surface area contributed by atoms with E-state index in [4.69, 9.17) is 4.98 Å². The monoisotopic (exact) mass is 454 g/mol. The number of hydrogen-bond donors (Lipinski definition) is 0.